The highest BCUT2D eigenvalue weighted by atomic mass is 32.2. The van der Waals surface area contributed by atoms with E-state index in [0.29, 0.717) is 110 Å². The maximum atomic E-state index is 15.4. The molecule has 0 fully saturated rings. The van der Waals surface area contributed by atoms with Crippen molar-refractivity contribution in [1.29, 1.82) is 0 Å². The summed E-state index contributed by atoms with van der Waals surface area (Å²) < 4.78 is 81.2. The topological polar surface area (TPSA) is 270 Å². The zero-order valence-electron chi connectivity index (χ0n) is 51.7. The van der Waals surface area contributed by atoms with E-state index in [9.17, 15) is 43.1 Å². The molecule has 0 saturated heterocycles. The number of carbonyl (C=O) groups excluding carboxylic acids is 6. The molecule has 0 bridgehead atoms. The van der Waals surface area contributed by atoms with Crippen molar-refractivity contribution in [2.75, 3.05) is 150 Å². The van der Waals surface area contributed by atoms with Crippen LogP contribution in [0.3, 0.4) is 0 Å². The fraction of sp³-hybridized carbons (Fsp3) is 0.590. The smallest absolute Gasteiger partial charge is 0.407 e. The summed E-state index contributed by atoms with van der Waals surface area (Å²) in [5, 5.41) is 18.0. The van der Waals surface area contributed by atoms with E-state index in [1.807, 2.05) is 55.7 Å². The van der Waals surface area contributed by atoms with Gasteiger partial charge < -0.3 is 73.2 Å². The molecule has 23 nitrogen and oxygen atoms in total. The number of benzene rings is 2. The van der Waals surface area contributed by atoms with Gasteiger partial charge in [-0.15, -0.1) is 11.8 Å². The lowest BCUT2D eigenvalue weighted by molar-refractivity contribution is -0.141. The molecule has 2 aromatic carbocycles. The summed E-state index contributed by atoms with van der Waals surface area (Å²) in [5.74, 6) is -5.15. The number of aliphatic carboxylic acids is 1. The van der Waals surface area contributed by atoms with Crippen LogP contribution in [0.5, 0.6) is 0 Å². The Morgan fingerprint density at radius 3 is 1.76 bits per heavy atom. The van der Waals surface area contributed by atoms with Crippen LogP contribution in [0.1, 0.15) is 50.9 Å². The number of nitrogens with zero attached hydrogens (tertiary/aromatic N) is 3. The van der Waals surface area contributed by atoms with Crippen molar-refractivity contribution < 1.29 is 90.1 Å². The number of carbonyl (C=O) groups is 7. The molecule has 4 rings (SSSR count). The van der Waals surface area contributed by atoms with Crippen LogP contribution in [0.4, 0.5) is 13.6 Å². The van der Waals surface area contributed by atoms with Crippen molar-refractivity contribution in [2.24, 2.45) is 5.41 Å². The zero-order valence-corrected chi connectivity index (χ0v) is 53.5. The van der Waals surface area contributed by atoms with E-state index in [1.165, 1.54) is 0 Å². The lowest BCUT2D eigenvalue weighted by atomic mass is 9.83. The number of halogens is 2. The van der Waals surface area contributed by atoms with Crippen molar-refractivity contribution in [3.05, 3.63) is 95.8 Å². The Kier molecular flexibility index (Phi) is 34.8. The average Bonchev–Trinajstić information content (AvgIpc) is 2.09. The fourth-order valence-corrected chi connectivity index (χ4v) is 10.2. The molecular weight excluding hydrogens is 1190 g/mol. The summed E-state index contributed by atoms with van der Waals surface area (Å²) in [6, 6.07) is 13.5. The van der Waals surface area contributed by atoms with Gasteiger partial charge in [0.05, 0.1) is 124 Å². The molecule has 0 radical (unpaired) electrons. The number of imide groups is 1. The van der Waals surface area contributed by atoms with Crippen LogP contribution >= 0.6 is 11.8 Å². The molecule has 0 unspecified atom stereocenters. The molecule has 2 atom stereocenters. The molecule has 0 spiro atoms. The molecule has 0 aliphatic carbocycles. The number of aromatic nitrogens is 1. The Bertz CT molecular complexity index is 2630. The third kappa shape index (κ3) is 30.4. The Morgan fingerprint density at radius 2 is 1.23 bits per heavy atom. The van der Waals surface area contributed by atoms with E-state index in [0.717, 1.165) is 58.6 Å². The van der Waals surface area contributed by atoms with Gasteiger partial charge in [-0.2, -0.15) is 0 Å². The second-order valence-electron chi connectivity index (χ2n) is 22.5. The maximum absolute atomic E-state index is 15.4. The highest BCUT2D eigenvalue weighted by Gasteiger charge is 2.37. The van der Waals surface area contributed by atoms with Crippen LogP contribution in [0.2, 0.25) is 25.7 Å². The standard InChI is InChI=1S/C61H90F2N6O17SSi/c1-61(2,3)58(52-39-47(49-40-48(62)13-14-50(49)63)42-67(52)41-46-11-8-7-9-12-46)68(20-10-18-65-60(77)86-37-38-88(4,5)6)57(74)45-87-44-51(59(75)76)66-53(70)17-21-78-23-25-80-27-29-82-31-33-84-35-36-85-34-32-83-30-28-81-26-24-79-22-19-64-54(71)43-69-55(72)15-16-56(69)73/h7-9,11-16,39-40,42,51,58H,10,17-38,41,43-45H2,1-6H3,(H,64,71)(H,65,77)(H,66,70)(H,75,76)/t51-,58-/m0/s1. The molecule has 1 aliphatic rings. The Hall–Kier alpha value is -6.14. The number of hydrogen-bond acceptors (Lipinski definition) is 17. The lowest BCUT2D eigenvalue weighted by Crippen LogP contribution is -2.45. The summed E-state index contributed by atoms with van der Waals surface area (Å²) >= 11 is 1.05. The Labute approximate surface area is 520 Å². The molecule has 490 valence electrons. The number of nitrogens with one attached hydrogen (secondary N) is 3. The highest BCUT2D eigenvalue weighted by molar-refractivity contribution is 8.00. The number of amides is 6. The minimum atomic E-state index is -1.44. The van der Waals surface area contributed by atoms with E-state index in [2.05, 4.69) is 35.6 Å². The summed E-state index contributed by atoms with van der Waals surface area (Å²) in [6.07, 6.45) is 3.65. The normalized spacial score (nSPS) is 13.2. The molecular formula is C61H90F2N6O17SSi. The second kappa shape index (κ2) is 41.2. The molecule has 1 aliphatic heterocycles. The average molecular weight is 1280 g/mol. The third-order valence-corrected chi connectivity index (χ3v) is 15.7. The number of thioether (sulfide) groups is 1. The van der Waals surface area contributed by atoms with Gasteiger partial charge in [-0.05, 0) is 47.7 Å². The summed E-state index contributed by atoms with van der Waals surface area (Å²) in [4.78, 5) is 90.0. The van der Waals surface area contributed by atoms with Crippen LogP contribution in [0, 0.1) is 17.0 Å². The first kappa shape index (κ1) is 74.3. The van der Waals surface area contributed by atoms with Crippen molar-refractivity contribution in [3.63, 3.8) is 0 Å². The minimum Gasteiger partial charge on any atom is -0.480 e. The van der Waals surface area contributed by atoms with E-state index in [4.69, 9.17) is 42.6 Å². The zero-order chi connectivity index (χ0) is 64.2. The number of carboxylic acid groups (broad SMARTS) is 1. The van der Waals surface area contributed by atoms with Gasteiger partial charge in [0.15, 0.2) is 0 Å². The van der Waals surface area contributed by atoms with Crippen LogP contribution < -0.4 is 16.0 Å². The number of rotatable bonds is 47. The molecule has 2 heterocycles. The number of ether oxygens (including phenoxy) is 9. The predicted octanol–water partition coefficient (Wildman–Crippen LogP) is 5.72. The van der Waals surface area contributed by atoms with E-state index in [1.54, 1.807) is 17.2 Å². The summed E-state index contributed by atoms with van der Waals surface area (Å²) in [7, 11) is -1.44. The first-order valence-electron chi connectivity index (χ1n) is 29.5. The first-order chi connectivity index (χ1) is 42.1. The molecule has 6 amide bonds. The Balaban J connectivity index is 1.09. The molecule has 88 heavy (non-hydrogen) atoms. The molecule has 0 saturated carbocycles. The highest BCUT2D eigenvalue weighted by Crippen LogP contribution is 2.41. The van der Waals surface area contributed by atoms with Gasteiger partial charge >= 0.3 is 12.1 Å². The molecule has 4 N–H and O–H groups in total. The van der Waals surface area contributed by atoms with Crippen molar-refractivity contribution in [1.82, 2.24) is 30.3 Å². The lowest BCUT2D eigenvalue weighted by Gasteiger charge is -2.41. The van der Waals surface area contributed by atoms with E-state index >= 15 is 4.39 Å². The monoisotopic (exact) mass is 1280 g/mol. The van der Waals surface area contributed by atoms with Crippen molar-refractivity contribution >= 4 is 61.4 Å². The predicted molar refractivity (Wildman–Crippen MR) is 328 cm³/mol. The Morgan fingerprint density at radius 1 is 0.682 bits per heavy atom. The third-order valence-electron chi connectivity index (χ3n) is 13.0. The number of hydrogen-bond donors (Lipinski definition) is 4. The largest absolute Gasteiger partial charge is 0.480 e. The van der Waals surface area contributed by atoms with Crippen LogP contribution in [-0.4, -0.2) is 225 Å². The van der Waals surface area contributed by atoms with Gasteiger partial charge in [-0.1, -0.05) is 70.7 Å². The van der Waals surface area contributed by atoms with E-state index in [-0.39, 0.29) is 82.0 Å². The number of alkyl carbamates (subject to hydrolysis) is 1. The van der Waals surface area contributed by atoms with Gasteiger partial charge in [0.2, 0.25) is 17.7 Å². The van der Waals surface area contributed by atoms with Crippen LogP contribution in [-0.2, 0) is 77.9 Å². The first-order valence-corrected chi connectivity index (χ1v) is 34.4. The van der Waals surface area contributed by atoms with Gasteiger partial charge in [-0.3, -0.25) is 28.9 Å². The second-order valence-corrected chi connectivity index (χ2v) is 29.2. The summed E-state index contributed by atoms with van der Waals surface area (Å²) in [6.45, 7) is 18.4. The molecule has 27 heteroatoms. The minimum absolute atomic E-state index is 0.0162. The van der Waals surface area contributed by atoms with Crippen LogP contribution in [0.25, 0.3) is 11.1 Å². The SMILES string of the molecule is CC(C)(C)[C@H](c1cc(-c2cc(F)ccc2F)cn1Cc1ccccc1)N(CCCNC(=O)OCC[Si](C)(C)C)C(=O)CSC[C@H](NC(=O)CCOCCOCCOCCOCCOCCOCCOCCOCCNC(=O)CN1C(=O)C=CC1=O)C(=O)O. The van der Waals surface area contributed by atoms with Gasteiger partial charge in [0, 0.05) is 81.6 Å². The van der Waals surface area contributed by atoms with Gasteiger partial charge in [0.25, 0.3) is 11.8 Å². The van der Waals surface area contributed by atoms with E-state index < -0.39 is 72.9 Å². The quantitative estimate of drug-likeness (QED) is 0.0299. The number of carboxylic acids is 1. The molecule has 3 aromatic rings. The van der Waals surface area contributed by atoms with Gasteiger partial charge in [0.1, 0.15) is 24.2 Å². The fourth-order valence-electron chi connectivity index (χ4n) is 8.59. The maximum Gasteiger partial charge on any atom is 0.407 e. The van der Waals surface area contributed by atoms with Gasteiger partial charge in [-0.25, -0.2) is 18.4 Å². The van der Waals surface area contributed by atoms with Crippen molar-refractivity contribution in [3.8, 4) is 11.1 Å². The van der Waals surface area contributed by atoms with Crippen molar-refractivity contribution in [2.45, 2.75) is 77.9 Å². The molecule has 1 aromatic heterocycles. The summed E-state index contributed by atoms with van der Waals surface area (Å²) in [5.41, 5.74) is 1.41. The van der Waals surface area contributed by atoms with Crippen LogP contribution in [0.15, 0.2) is 72.9 Å².